The van der Waals surface area contributed by atoms with Crippen molar-refractivity contribution in [2.45, 2.75) is 5.92 Å². The lowest BCUT2D eigenvalue weighted by molar-refractivity contribution is -0.132. The SMILES string of the molecule is NC[C@@H]1CN(C(=O)COc2cccc3ccccc23)C[C@H]1c1ccccc1. The minimum atomic E-state index is 0.0137. The van der Waals surface area contributed by atoms with Crippen LogP contribution in [0.5, 0.6) is 5.75 Å². The van der Waals surface area contributed by atoms with Gasteiger partial charge in [-0.05, 0) is 29.5 Å². The van der Waals surface area contributed by atoms with Gasteiger partial charge in [0, 0.05) is 24.4 Å². The molecule has 0 spiro atoms. The number of benzene rings is 3. The number of amides is 1. The molecule has 1 amide bonds. The topological polar surface area (TPSA) is 55.6 Å². The van der Waals surface area contributed by atoms with Gasteiger partial charge in [-0.15, -0.1) is 0 Å². The highest BCUT2D eigenvalue weighted by Gasteiger charge is 2.35. The standard InChI is InChI=1S/C23H24N2O2/c24-13-19-14-25(15-21(19)18-7-2-1-3-8-18)23(26)16-27-22-12-6-10-17-9-4-5-11-20(17)22/h1-12,19,21H,13-16,24H2/t19-,21+/m1/s1. The molecule has 0 aliphatic carbocycles. The fourth-order valence-corrected chi connectivity index (χ4v) is 3.94. The lowest BCUT2D eigenvalue weighted by atomic mass is 9.89. The first kappa shape index (κ1) is 17.6. The Balaban J connectivity index is 1.44. The zero-order valence-electron chi connectivity index (χ0n) is 15.3. The van der Waals surface area contributed by atoms with Gasteiger partial charge in [-0.2, -0.15) is 0 Å². The molecule has 0 radical (unpaired) electrons. The molecule has 1 fully saturated rings. The Labute approximate surface area is 159 Å². The third-order valence-electron chi connectivity index (χ3n) is 5.42. The Bertz CT molecular complexity index is 921. The highest BCUT2D eigenvalue weighted by atomic mass is 16.5. The number of ether oxygens (including phenoxy) is 1. The first-order valence-electron chi connectivity index (χ1n) is 9.39. The monoisotopic (exact) mass is 360 g/mol. The molecule has 4 rings (SSSR count). The average Bonchev–Trinajstić information content (AvgIpc) is 3.17. The molecule has 2 atom stereocenters. The van der Waals surface area contributed by atoms with E-state index < -0.39 is 0 Å². The van der Waals surface area contributed by atoms with Crippen molar-refractivity contribution in [3.63, 3.8) is 0 Å². The van der Waals surface area contributed by atoms with Crippen molar-refractivity contribution in [3.8, 4) is 5.75 Å². The quantitative estimate of drug-likeness (QED) is 0.758. The second kappa shape index (κ2) is 7.80. The van der Waals surface area contributed by atoms with Gasteiger partial charge in [-0.3, -0.25) is 4.79 Å². The summed E-state index contributed by atoms with van der Waals surface area (Å²) >= 11 is 0. The minimum Gasteiger partial charge on any atom is -0.483 e. The van der Waals surface area contributed by atoms with E-state index in [-0.39, 0.29) is 24.3 Å². The number of nitrogens with zero attached hydrogens (tertiary/aromatic N) is 1. The summed E-state index contributed by atoms with van der Waals surface area (Å²) in [5.74, 6) is 1.34. The number of hydrogen-bond donors (Lipinski definition) is 1. The maximum absolute atomic E-state index is 12.8. The van der Waals surface area contributed by atoms with E-state index in [0.29, 0.717) is 19.6 Å². The molecule has 3 aromatic rings. The Kier molecular flexibility index (Phi) is 5.07. The lowest BCUT2D eigenvalue weighted by Gasteiger charge is -2.17. The molecule has 0 bridgehead atoms. The van der Waals surface area contributed by atoms with Crippen LogP contribution in [-0.4, -0.2) is 37.0 Å². The Morgan fingerprint density at radius 3 is 2.52 bits per heavy atom. The van der Waals surface area contributed by atoms with Crippen LogP contribution < -0.4 is 10.5 Å². The molecule has 2 N–H and O–H groups in total. The number of nitrogens with two attached hydrogens (primary N) is 1. The van der Waals surface area contributed by atoms with Crippen LogP contribution >= 0.6 is 0 Å². The molecule has 138 valence electrons. The Morgan fingerprint density at radius 2 is 1.70 bits per heavy atom. The van der Waals surface area contributed by atoms with Gasteiger partial charge in [0.25, 0.3) is 5.91 Å². The van der Waals surface area contributed by atoms with E-state index in [0.717, 1.165) is 16.5 Å². The van der Waals surface area contributed by atoms with Crippen LogP contribution in [-0.2, 0) is 4.79 Å². The lowest BCUT2D eigenvalue weighted by Crippen LogP contribution is -2.33. The summed E-state index contributed by atoms with van der Waals surface area (Å²) in [7, 11) is 0. The predicted molar refractivity (Wildman–Crippen MR) is 108 cm³/mol. The van der Waals surface area contributed by atoms with Gasteiger partial charge in [0.2, 0.25) is 0 Å². The molecule has 0 saturated carbocycles. The van der Waals surface area contributed by atoms with Gasteiger partial charge in [0.1, 0.15) is 5.75 Å². The molecular weight excluding hydrogens is 336 g/mol. The predicted octanol–water partition coefficient (Wildman–Crippen LogP) is 3.42. The van der Waals surface area contributed by atoms with Gasteiger partial charge in [0.15, 0.2) is 6.61 Å². The van der Waals surface area contributed by atoms with Crippen molar-refractivity contribution in [1.29, 1.82) is 0 Å². The summed E-state index contributed by atoms with van der Waals surface area (Å²) in [6.45, 7) is 2.01. The summed E-state index contributed by atoms with van der Waals surface area (Å²) in [6, 6.07) is 24.3. The van der Waals surface area contributed by atoms with E-state index in [2.05, 4.69) is 12.1 Å². The van der Waals surface area contributed by atoms with E-state index in [9.17, 15) is 4.79 Å². The zero-order chi connectivity index (χ0) is 18.6. The van der Waals surface area contributed by atoms with Crippen LogP contribution in [0.4, 0.5) is 0 Å². The van der Waals surface area contributed by atoms with E-state index >= 15 is 0 Å². The van der Waals surface area contributed by atoms with Crippen molar-refractivity contribution in [1.82, 2.24) is 4.90 Å². The highest BCUT2D eigenvalue weighted by Crippen LogP contribution is 2.32. The molecule has 3 aromatic carbocycles. The third kappa shape index (κ3) is 3.67. The van der Waals surface area contributed by atoms with Crippen molar-refractivity contribution in [3.05, 3.63) is 78.4 Å². The van der Waals surface area contributed by atoms with Crippen LogP contribution in [0, 0.1) is 5.92 Å². The maximum Gasteiger partial charge on any atom is 0.260 e. The van der Waals surface area contributed by atoms with E-state index in [1.165, 1.54) is 5.56 Å². The molecular formula is C23H24N2O2. The molecule has 4 heteroatoms. The molecule has 1 aliphatic heterocycles. The molecule has 0 unspecified atom stereocenters. The molecule has 27 heavy (non-hydrogen) atoms. The van der Waals surface area contributed by atoms with Gasteiger partial charge in [-0.25, -0.2) is 0 Å². The summed E-state index contributed by atoms with van der Waals surface area (Å²) in [5.41, 5.74) is 7.23. The third-order valence-corrected chi connectivity index (χ3v) is 5.42. The van der Waals surface area contributed by atoms with Crippen molar-refractivity contribution in [2.24, 2.45) is 11.7 Å². The molecule has 1 saturated heterocycles. The second-order valence-electron chi connectivity index (χ2n) is 7.08. The zero-order valence-corrected chi connectivity index (χ0v) is 15.3. The van der Waals surface area contributed by atoms with Gasteiger partial charge in [0.05, 0.1) is 0 Å². The fraction of sp³-hybridized carbons (Fsp3) is 0.261. The largest absolute Gasteiger partial charge is 0.483 e. The normalized spacial score (nSPS) is 19.4. The van der Waals surface area contributed by atoms with E-state index in [1.807, 2.05) is 65.6 Å². The van der Waals surface area contributed by atoms with E-state index in [4.69, 9.17) is 10.5 Å². The number of fused-ring (bicyclic) bond motifs is 1. The first-order chi connectivity index (χ1) is 13.3. The summed E-state index contributed by atoms with van der Waals surface area (Å²) in [5, 5.41) is 2.13. The van der Waals surface area contributed by atoms with Crippen LogP contribution in [0.1, 0.15) is 11.5 Å². The first-order valence-corrected chi connectivity index (χ1v) is 9.39. The number of rotatable bonds is 5. The van der Waals surface area contributed by atoms with Gasteiger partial charge >= 0.3 is 0 Å². The van der Waals surface area contributed by atoms with Gasteiger partial charge in [-0.1, -0.05) is 66.7 Å². The maximum atomic E-state index is 12.8. The summed E-state index contributed by atoms with van der Waals surface area (Å²) in [4.78, 5) is 14.6. The fourth-order valence-electron chi connectivity index (χ4n) is 3.94. The van der Waals surface area contributed by atoms with E-state index in [1.54, 1.807) is 0 Å². The van der Waals surface area contributed by atoms with Crippen molar-refractivity contribution >= 4 is 16.7 Å². The summed E-state index contributed by atoms with van der Waals surface area (Å²) in [6.07, 6.45) is 0. The van der Waals surface area contributed by atoms with Crippen LogP contribution in [0.25, 0.3) is 10.8 Å². The Morgan fingerprint density at radius 1 is 0.963 bits per heavy atom. The number of hydrogen-bond acceptors (Lipinski definition) is 3. The molecule has 4 nitrogen and oxygen atoms in total. The summed E-state index contributed by atoms with van der Waals surface area (Å²) < 4.78 is 5.88. The number of carbonyl (C=O) groups is 1. The smallest absolute Gasteiger partial charge is 0.260 e. The highest BCUT2D eigenvalue weighted by molar-refractivity contribution is 5.88. The van der Waals surface area contributed by atoms with Crippen LogP contribution in [0.3, 0.4) is 0 Å². The van der Waals surface area contributed by atoms with Crippen molar-refractivity contribution in [2.75, 3.05) is 26.2 Å². The molecule has 1 aliphatic rings. The van der Waals surface area contributed by atoms with Crippen molar-refractivity contribution < 1.29 is 9.53 Å². The molecule has 0 aromatic heterocycles. The van der Waals surface area contributed by atoms with Crippen LogP contribution in [0.15, 0.2) is 72.8 Å². The Hall–Kier alpha value is -2.85. The molecule has 1 heterocycles. The minimum absolute atomic E-state index is 0.0137. The van der Waals surface area contributed by atoms with Crippen LogP contribution in [0.2, 0.25) is 0 Å². The average molecular weight is 360 g/mol. The number of carbonyl (C=O) groups excluding carboxylic acids is 1. The number of likely N-dealkylation sites (tertiary alicyclic amines) is 1. The van der Waals surface area contributed by atoms with Gasteiger partial charge < -0.3 is 15.4 Å². The second-order valence-corrected chi connectivity index (χ2v) is 7.08.